The summed E-state index contributed by atoms with van der Waals surface area (Å²) in [6.07, 6.45) is 2.14. The second-order valence-electron chi connectivity index (χ2n) is 14.3. The van der Waals surface area contributed by atoms with Gasteiger partial charge >= 0.3 is 0 Å². The number of hydrogen-bond donors (Lipinski definition) is 6. The predicted octanol–water partition coefficient (Wildman–Crippen LogP) is -0.0941. The molecule has 0 aliphatic carbocycles. The Hall–Kier alpha value is -5.47. The predicted molar refractivity (Wildman–Crippen MR) is 193 cm³/mol. The molecule has 3 aliphatic rings. The Morgan fingerprint density at radius 1 is 0.623 bits per heavy atom. The lowest BCUT2D eigenvalue weighted by Gasteiger charge is -2.30. The molecule has 2 aromatic carbocycles. The molecule has 0 spiro atoms. The van der Waals surface area contributed by atoms with E-state index in [0.717, 1.165) is 5.56 Å². The Labute approximate surface area is 308 Å². The third-order valence-electron chi connectivity index (χ3n) is 9.79. The SMILES string of the molecule is CC(C)CC1NC(=O)CNC(=O)C2CCCN2C(=O)C(Cc2ccc(O)cc2)NC(=O)C(Cc2ccccc2)NC(=O)CNC(=O)C2CCCN2C1=O. The van der Waals surface area contributed by atoms with Crippen molar-refractivity contribution in [2.45, 2.75) is 89.0 Å². The molecule has 3 fully saturated rings. The highest BCUT2D eigenvalue weighted by atomic mass is 16.3. The maximum absolute atomic E-state index is 14.2. The number of aromatic hydroxyl groups is 1. The molecule has 2 aromatic rings. The van der Waals surface area contributed by atoms with E-state index in [1.807, 2.05) is 19.9 Å². The molecule has 5 atom stereocenters. The molecule has 15 heteroatoms. The van der Waals surface area contributed by atoms with Crippen molar-refractivity contribution in [3.05, 3.63) is 65.7 Å². The van der Waals surface area contributed by atoms with Gasteiger partial charge in [-0.05, 0) is 61.3 Å². The van der Waals surface area contributed by atoms with Crippen molar-refractivity contribution in [3.8, 4) is 5.75 Å². The smallest absolute Gasteiger partial charge is 0.246 e. The Morgan fingerprint density at radius 3 is 1.66 bits per heavy atom. The summed E-state index contributed by atoms with van der Waals surface area (Å²) in [7, 11) is 0. The van der Waals surface area contributed by atoms with Crippen molar-refractivity contribution >= 4 is 41.4 Å². The van der Waals surface area contributed by atoms with Crippen LogP contribution >= 0.6 is 0 Å². The zero-order chi connectivity index (χ0) is 38.1. The van der Waals surface area contributed by atoms with E-state index in [1.54, 1.807) is 36.4 Å². The highest BCUT2D eigenvalue weighted by molar-refractivity contribution is 5.97. The van der Waals surface area contributed by atoms with E-state index in [4.69, 9.17) is 0 Å². The fraction of sp³-hybridized carbons (Fsp3) is 0.500. The fourth-order valence-corrected chi connectivity index (χ4v) is 7.16. The molecular formula is C38H49N7O8. The molecular weight excluding hydrogens is 682 g/mol. The fourth-order valence-electron chi connectivity index (χ4n) is 7.16. The minimum Gasteiger partial charge on any atom is -0.508 e. The van der Waals surface area contributed by atoms with Gasteiger partial charge < -0.3 is 41.5 Å². The quantitative estimate of drug-likeness (QED) is 0.236. The standard InChI is InChI=1S/C38H49N7O8/c1-23(2)18-28-37(52)44-16-6-10-30(44)35(50)39-21-32(47)41-27(19-24-8-4-3-5-9-24)34(49)43-29(20-25-12-14-26(46)15-13-25)38(53)45-17-7-11-31(45)36(51)40-22-33(48)42-28/h3-5,8-9,12-15,23,27-31,46H,6-7,10-11,16-22H2,1-2H3,(H,39,50)(H,40,51)(H,41,47)(H,42,48)(H,43,49). The molecule has 3 aliphatic heterocycles. The lowest BCUT2D eigenvalue weighted by atomic mass is 10.0. The van der Waals surface area contributed by atoms with Gasteiger partial charge in [0, 0.05) is 25.9 Å². The summed E-state index contributed by atoms with van der Waals surface area (Å²) in [5.41, 5.74) is 1.36. The monoisotopic (exact) mass is 731 g/mol. The highest BCUT2D eigenvalue weighted by Crippen LogP contribution is 2.22. The zero-order valence-electron chi connectivity index (χ0n) is 30.1. The van der Waals surface area contributed by atoms with Gasteiger partial charge in [-0.25, -0.2) is 0 Å². The molecule has 0 saturated carbocycles. The molecule has 3 saturated heterocycles. The number of amides is 7. The second kappa shape index (κ2) is 17.8. The molecule has 0 bridgehead atoms. The maximum atomic E-state index is 14.2. The third-order valence-corrected chi connectivity index (χ3v) is 9.79. The van der Waals surface area contributed by atoms with Gasteiger partial charge in [0.1, 0.15) is 36.0 Å². The van der Waals surface area contributed by atoms with Crippen LogP contribution in [0.5, 0.6) is 5.75 Å². The summed E-state index contributed by atoms with van der Waals surface area (Å²) in [5.74, 6) is -3.92. The van der Waals surface area contributed by atoms with Gasteiger partial charge in [-0.2, -0.15) is 0 Å². The van der Waals surface area contributed by atoms with E-state index >= 15 is 0 Å². The number of nitrogens with zero attached hydrogens (tertiary/aromatic N) is 2. The molecule has 0 radical (unpaired) electrons. The summed E-state index contributed by atoms with van der Waals surface area (Å²) < 4.78 is 0. The number of hydrogen-bond acceptors (Lipinski definition) is 8. The number of fused-ring (bicyclic) bond motifs is 2. The molecule has 7 amide bonds. The largest absolute Gasteiger partial charge is 0.508 e. The molecule has 15 nitrogen and oxygen atoms in total. The second-order valence-corrected chi connectivity index (χ2v) is 14.3. The Morgan fingerprint density at radius 2 is 1.11 bits per heavy atom. The molecule has 5 rings (SSSR count). The Kier molecular flexibility index (Phi) is 13.0. The van der Waals surface area contributed by atoms with E-state index in [9.17, 15) is 38.7 Å². The molecule has 0 aromatic heterocycles. The lowest BCUT2D eigenvalue weighted by Crippen LogP contribution is -2.58. The van der Waals surface area contributed by atoms with Gasteiger partial charge in [-0.15, -0.1) is 0 Å². The van der Waals surface area contributed by atoms with Crippen LogP contribution in [0, 0.1) is 5.92 Å². The van der Waals surface area contributed by atoms with Crippen LogP contribution in [-0.4, -0.2) is 113 Å². The summed E-state index contributed by atoms with van der Waals surface area (Å²) in [4.78, 5) is 98.2. The Bertz CT molecular complexity index is 1670. The molecule has 3 heterocycles. The first kappa shape index (κ1) is 38.8. The van der Waals surface area contributed by atoms with E-state index < -0.39 is 84.6 Å². The van der Waals surface area contributed by atoms with Crippen LogP contribution < -0.4 is 26.6 Å². The third kappa shape index (κ3) is 10.3. The van der Waals surface area contributed by atoms with Crippen LogP contribution in [0.25, 0.3) is 0 Å². The number of rotatable bonds is 6. The first-order valence-electron chi connectivity index (χ1n) is 18.3. The summed E-state index contributed by atoms with van der Waals surface area (Å²) in [6, 6.07) is 10.1. The number of nitrogens with one attached hydrogen (secondary N) is 5. The van der Waals surface area contributed by atoms with E-state index in [-0.39, 0.29) is 31.1 Å². The first-order chi connectivity index (χ1) is 25.4. The average Bonchev–Trinajstić information content (AvgIpc) is 3.83. The van der Waals surface area contributed by atoms with E-state index in [2.05, 4.69) is 26.6 Å². The van der Waals surface area contributed by atoms with Crippen molar-refractivity contribution < 1.29 is 38.7 Å². The number of carbonyl (C=O) groups is 7. The van der Waals surface area contributed by atoms with Crippen molar-refractivity contribution in [3.63, 3.8) is 0 Å². The van der Waals surface area contributed by atoms with Crippen LogP contribution in [-0.2, 0) is 46.4 Å². The number of benzene rings is 2. The van der Waals surface area contributed by atoms with E-state index in [0.29, 0.717) is 44.2 Å². The molecule has 5 unspecified atom stereocenters. The topological polar surface area (TPSA) is 206 Å². The van der Waals surface area contributed by atoms with Gasteiger partial charge in [0.15, 0.2) is 0 Å². The minimum atomic E-state index is -1.16. The summed E-state index contributed by atoms with van der Waals surface area (Å²) in [6.45, 7) is 3.42. The summed E-state index contributed by atoms with van der Waals surface area (Å²) >= 11 is 0. The van der Waals surface area contributed by atoms with Gasteiger partial charge in [0.25, 0.3) is 0 Å². The van der Waals surface area contributed by atoms with Gasteiger partial charge in [0.2, 0.25) is 41.4 Å². The van der Waals surface area contributed by atoms with Gasteiger partial charge in [0.05, 0.1) is 13.1 Å². The van der Waals surface area contributed by atoms with Crippen molar-refractivity contribution in [2.75, 3.05) is 26.2 Å². The van der Waals surface area contributed by atoms with Gasteiger partial charge in [-0.3, -0.25) is 33.6 Å². The van der Waals surface area contributed by atoms with Gasteiger partial charge in [-0.1, -0.05) is 56.3 Å². The van der Waals surface area contributed by atoms with Crippen LogP contribution in [0.1, 0.15) is 57.1 Å². The number of phenolic OH excluding ortho intramolecular Hbond substituents is 1. The highest BCUT2D eigenvalue weighted by Gasteiger charge is 2.40. The van der Waals surface area contributed by atoms with Crippen molar-refractivity contribution in [2.24, 2.45) is 5.92 Å². The van der Waals surface area contributed by atoms with Crippen LogP contribution in [0.2, 0.25) is 0 Å². The number of phenols is 1. The number of carbonyl (C=O) groups excluding carboxylic acids is 7. The van der Waals surface area contributed by atoms with Crippen molar-refractivity contribution in [1.29, 1.82) is 0 Å². The zero-order valence-corrected chi connectivity index (χ0v) is 30.1. The van der Waals surface area contributed by atoms with Crippen LogP contribution in [0.4, 0.5) is 0 Å². The van der Waals surface area contributed by atoms with Crippen LogP contribution in [0.3, 0.4) is 0 Å². The van der Waals surface area contributed by atoms with E-state index in [1.165, 1.54) is 21.9 Å². The maximum Gasteiger partial charge on any atom is 0.246 e. The lowest BCUT2D eigenvalue weighted by molar-refractivity contribution is -0.142. The first-order valence-corrected chi connectivity index (χ1v) is 18.3. The van der Waals surface area contributed by atoms with Crippen molar-refractivity contribution in [1.82, 2.24) is 36.4 Å². The molecule has 284 valence electrons. The minimum absolute atomic E-state index is 0.0135. The molecule has 53 heavy (non-hydrogen) atoms. The molecule has 6 N–H and O–H groups in total. The summed E-state index contributed by atoms with van der Waals surface area (Å²) in [5, 5.41) is 23.3. The van der Waals surface area contributed by atoms with Crippen LogP contribution in [0.15, 0.2) is 54.6 Å². The average molecular weight is 732 g/mol. The Balaban J connectivity index is 1.46. The normalized spacial score (nSPS) is 25.4.